The van der Waals surface area contributed by atoms with Crippen LogP contribution in [0.2, 0.25) is 0 Å². The van der Waals surface area contributed by atoms with Crippen molar-refractivity contribution in [2.75, 3.05) is 13.1 Å². The molecule has 0 radical (unpaired) electrons. The van der Waals surface area contributed by atoms with Gasteiger partial charge in [0.15, 0.2) is 0 Å². The fraction of sp³-hybridized carbons (Fsp3) is 0.529. The van der Waals surface area contributed by atoms with Crippen LogP contribution in [-0.4, -0.2) is 29.8 Å². The van der Waals surface area contributed by atoms with E-state index in [0.717, 1.165) is 11.1 Å². The Labute approximate surface area is 127 Å². The van der Waals surface area contributed by atoms with Gasteiger partial charge in [0.1, 0.15) is 5.41 Å². The van der Waals surface area contributed by atoms with Crippen LogP contribution in [0.1, 0.15) is 38.8 Å². The van der Waals surface area contributed by atoms with Crippen LogP contribution in [0.5, 0.6) is 0 Å². The lowest BCUT2D eigenvalue weighted by Crippen LogP contribution is -2.49. The van der Waals surface area contributed by atoms with E-state index in [0.29, 0.717) is 19.6 Å². The maximum absolute atomic E-state index is 12.4. The van der Waals surface area contributed by atoms with Crippen LogP contribution in [0.15, 0.2) is 24.3 Å². The molecule has 21 heavy (non-hydrogen) atoms. The number of rotatable bonds is 6. The zero-order valence-corrected chi connectivity index (χ0v) is 13.7. The van der Waals surface area contributed by atoms with Crippen LogP contribution in [0.4, 0.5) is 0 Å². The second kappa shape index (κ2) is 7.25. The maximum atomic E-state index is 12.4. The van der Waals surface area contributed by atoms with Crippen LogP contribution >= 0.6 is 0 Å². The molecule has 0 unspecified atom stereocenters. The average molecular weight is 290 g/mol. The second-order valence-electron chi connectivity index (χ2n) is 5.71. The lowest BCUT2D eigenvalue weighted by atomic mass is 9.90. The Morgan fingerprint density at radius 1 is 1.14 bits per heavy atom. The molecule has 0 aromatic heterocycles. The highest BCUT2D eigenvalue weighted by Crippen LogP contribution is 2.19. The Hall–Kier alpha value is -1.84. The minimum absolute atomic E-state index is 0.130. The van der Waals surface area contributed by atoms with E-state index in [1.165, 1.54) is 0 Å². The molecule has 0 atom stereocenters. The number of hydrogen-bond acceptors (Lipinski definition) is 2. The molecule has 0 aliphatic carbocycles. The highest BCUT2D eigenvalue weighted by molar-refractivity contribution is 6.04. The molecule has 4 heteroatoms. The van der Waals surface area contributed by atoms with Crippen molar-refractivity contribution in [1.82, 2.24) is 10.2 Å². The zero-order valence-electron chi connectivity index (χ0n) is 13.7. The molecular formula is C17H26N2O2. The first-order valence-electron chi connectivity index (χ1n) is 7.46. The molecule has 116 valence electrons. The third-order valence-corrected chi connectivity index (χ3v) is 3.85. The summed E-state index contributed by atoms with van der Waals surface area (Å²) in [6, 6.07) is 7.90. The molecule has 1 rings (SSSR count). The Bertz CT molecular complexity index is 505. The van der Waals surface area contributed by atoms with E-state index in [-0.39, 0.29) is 11.8 Å². The van der Waals surface area contributed by atoms with Crippen molar-refractivity contribution in [1.29, 1.82) is 0 Å². The summed E-state index contributed by atoms with van der Waals surface area (Å²) in [5.41, 5.74) is 1.15. The summed E-state index contributed by atoms with van der Waals surface area (Å²) >= 11 is 0. The molecule has 1 aromatic rings. The Morgan fingerprint density at radius 2 is 1.71 bits per heavy atom. The van der Waals surface area contributed by atoms with Gasteiger partial charge in [-0.1, -0.05) is 24.3 Å². The molecule has 0 aliphatic rings. The van der Waals surface area contributed by atoms with E-state index >= 15 is 0 Å². The molecule has 0 heterocycles. The summed E-state index contributed by atoms with van der Waals surface area (Å²) in [5, 5.41) is 2.88. The highest BCUT2D eigenvalue weighted by Gasteiger charge is 2.38. The fourth-order valence-corrected chi connectivity index (χ4v) is 2.21. The van der Waals surface area contributed by atoms with Crippen LogP contribution in [0.25, 0.3) is 0 Å². The largest absolute Gasteiger partial charge is 0.351 e. The van der Waals surface area contributed by atoms with Crippen LogP contribution < -0.4 is 5.32 Å². The molecule has 4 nitrogen and oxygen atoms in total. The van der Waals surface area contributed by atoms with Gasteiger partial charge in [-0.2, -0.15) is 0 Å². The van der Waals surface area contributed by atoms with Crippen molar-refractivity contribution < 1.29 is 9.59 Å². The lowest BCUT2D eigenvalue weighted by molar-refractivity contribution is -0.148. The van der Waals surface area contributed by atoms with Gasteiger partial charge in [-0.25, -0.2) is 0 Å². The molecular weight excluding hydrogens is 264 g/mol. The van der Waals surface area contributed by atoms with Gasteiger partial charge in [0.05, 0.1) is 0 Å². The van der Waals surface area contributed by atoms with E-state index < -0.39 is 5.41 Å². The van der Waals surface area contributed by atoms with Crippen LogP contribution in [-0.2, 0) is 16.1 Å². The lowest BCUT2D eigenvalue weighted by Gasteiger charge is -2.29. The van der Waals surface area contributed by atoms with Crippen molar-refractivity contribution in [3.05, 3.63) is 35.4 Å². The number of aryl methyl sites for hydroxylation is 1. The van der Waals surface area contributed by atoms with Crippen molar-refractivity contribution in [2.24, 2.45) is 5.41 Å². The topological polar surface area (TPSA) is 49.4 Å². The van der Waals surface area contributed by atoms with Gasteiger partial charge in [0.25, 0.3) is 0 Å². The monoisotopic (exact) mass is 290 g/mol. The Morgan fingerprint density at radius 3 is 2.24 bits per heavy atom. The van der Waals surface area contributed by atoms with Crippen molar-refractivity contribution in [3.8, 4) is 0 Å². The number of carbonyl (C=O) groups excluding carboxylic acids is 2. The minimum Gasteiger partial charge on any atom is -0.351 e. The Balaban J connectivity index is 2.74. The van der Waals surface area contributed by atoms with Crippen molar-refractivity contribution >= 4 is 11.8 Å². The van der Waals surface area contributed by atoms with Crippen molar-refractivity contribution in [2.45, 2.75) is 41.2 Å². The first-order chi connectivity index (χ1) is 9.84. The van der Waals surface area contributed by atoms with E-state index in [2.05, 4.69) is 5.32 Å². The number of hydrogen-bond donors (Lipinski definition) is 1. The number of benzene rings is 1. The zero-order chi connectivity index (χ0) is 16.0. The molecule has 1 N–H and O–H groups in total. The van der Waals surface area contributed by atoms with Gasteiger partial charge >= 0.3 is 0 Å². The number of amides is 2. The third kappa shape index (κ3) is 4.06. The van der Waals surface area contributed by atoms with Crippen LogP contribution in [0.3, 0.4) is 0 Å². The van der Waals surface area contributed by atoms with Gasteiger partial charge in [0.2, 0.25) is 11.8 Å². The van der Waals surface area contributed by atoms with Gasteiger partial charge < -0.3 is 10.2 Å². The van der Waals surface area contributed by atoms with E-state index in [9.17, 15) is 9.59 Å². The number of nitrogens with zero attached hydrogens (tertiary/aromatic N) is 1. The number of nitrogens with one attached hydrogen (secondary N) is 1. The molecule has 0 aliphatic heterocycles. The van der Waals surface area contributed by atoms with Gasteiger partial charge in [-0.15, -0.1) is 0 Å². The summed E-state index contributed by atoms with van der Waals surface area (Å²) < 4.78 is 0. The quantitative estimate of drug-likeness (QED) is 0.818. The minimum atomic E-state index is -1.05. The number of carbonyl (C=O) groups is 2. The van der Waals surface area contributed by atoms with Gasteiger partial charge in [-0.05, 0) is 45.7 Å². The van der Waals surface area contributed by atoms with Gasteiger partial charge in [-0.3, -0.25) is 9.59 Å². The predicted molar refractivity (Wildman–Crippen MR) is 84.7 cm³/mol. The smallest absolute Gasteiger partial charge is 0.237 e. The fourth-order valence-electron chi connectivity index (χ4n) is 2.21. The highest BCUT2D eigenvalue weighted by atomic mass is 16.2. The molecule has 2 amide bonds. The summed E-state index contributed by atoms with van der Waals surface area (Å²) in [6.45, 7) is 10.9. The second-order valence-corrected chi connectivity index (χ2v) is 5.71. The standard InChI is InChI=1S/C17H26N2O2/c1-6-19(7-2)16(21)17(4,5)15(20)18-12-14-11-9-8-10-13(14)3/h8-11H,6-7,12H2,1-5H3,(H,18,20). The van der Waals surface area contributed by atoms with E-state index in [1.807, 2.05) is 45.0 Å². The maximum Gasteiger partial charge on any atom is 0.237 e. The van der Waals surface area contributed by atoms with Gasteiger partial charge in [0, 0.05) is 19.6 Å². The molecule has 1 aromatic carbocycles. The first-order valence-corrected chi connectivity index (χ1v) is 7.46. The summed E-state index contributed by atoms with van der Waals surface area (Å²) in [4.78, 5) is 26.5. The molecule has 0 bridgehead atoms. The summed E-state index contributed by atoms with van der Waals surface area (Å²) in [7, 11) is 0. The molecule has 0 saturated heterocycles. The summed E-state index contributed by atoms with van der Waals surface area (Å²) in [6.07, 6.45) is 0. The van der Waals surface area contributed by atoms with E-state index in [1.54, 1.807) is 18.7 Å². The van der Waals surface area contributed by atoms with E-state index in [4.69, 9.17) is 0 Å². The average Bonchev–Trinajstić information content (AvgIpc) is 2.47. The molecule has 0 fully saturated rings. The first kappa shape index (κ1) is 17.2. The Kier molecular flexibility index (Phi) is 5.94. The van der Waals surface area contributed by atoms with Crippen molar-refractivity contribution in [3.63, 3.8) is 0 Å². The third-order valence-electron chi connectivity index (χ3n) is 3.85. The molecule has 0 saturated carbocycles. The predicted octanol–water partition coefficient (Wildman–Crippen LogP) is 2.51. The normalized spacial score (nSPS) is 11.1. The summed E-state index contributed by atoms with van der Waals surface area (Å²) in [5.74, 6) is -0.363. The molecule has 0 spiro atoms. The SMILES string of the molecule is CCN(CC)C(=O)C(C)(C)C(=O)NCc1ccccc1C. The van der Waals surface area contributed by atoms with Crippen LogP contribution in [0, 0.1) is 12.3 Å².